The Labute approximate surface area is 93.7 Å². The minimum absolute atomic E-state index is 0.849. The zero-order chi connectivity index (χ0) is 9.80. The van der Waals surface area contributed by atoms with E-state index in [1.54, 1.807) is 11.3 Å². The second-order valence-electron chi connectivity index (χ2n) is 3.68. The zero-order valence-electron chi connectivity index (χ0n) is 8.05. The summed E-state index contributed by atoms with van der Waals surface area (Å²) >= 11 is 7.52. The number of hydrogen-bond acceptors (Lipinski definition) is 3. The van der Waals surface area contributed by atoms with Crippen molar-refractivity contribution in [2.24, 2.45) is 5.92 Å². The first-order valence-corrected chi connectivity index (χ1v) is 6.19. The molecule has 2 rings (SSSR count). The van der Waals surface area contributed by atoms with Gasteiger partial charge < -0.3 is 10.6 Å². The van der Waals surface area contributed by atoms with Crippen molar-refractivity contribution < 1.29 is 0 Å². The third-order valence-electron chi connectivity index (χ3n) is 2.48. The molecule has 0 atom stereocenters. The molecule has 2 heterocycles. The zero-order valence-corrected chi connectivity index (χ0v) is 9.63. The van der Waals surface area contributed by atoms with Gasteiger partial charge in [-0.2, -0.15) is 0 Å². The second kappa shape index (κ2) is 5.12. The summed E-state index contributed by atoms with van der Waals surface area (Å²) in [5, 5.41) is 6.74. The summed E-state index contributed by atoms with van der Waals surface area (Å²) in [6.07, 6.45) is 1.09. The van der Waals surface area contributed by atoms with Gasteiger partial charge in [-0.25, -0.2) is 0 Å². The molecular formula is C10H15ClN2S. The lowest BCUT2D eigenvalue weighted by molar-refractivity contribution is 0.333. The molecule has 0 spiro atoms. The first-order valence-electron chi connectivity index (χ1n) is 5.00. The second-order valence-corrected chi connectivity index (χ2v) is 5.48. The topological polar surface area (TPSA) is 24.1 Å². The average molecular weight is 231 g/mol. The molecule has 1 aromatic heterocycles. The van der Waals surface area contributed by atoms with Gasteiger partial charge in [0.15, 0.2) is 0 Å². The maximum Gasteiger partial charge on any atom is 0.0931 e. The van der Waals surface area contributed by atoms with E-state index >= 15 is 0 Å². The SMILES string of the molecule is Clc1ccc(CCNCC2CNC2)s1. The summed E-state index contributed by atoms with van der Waals surface area (Å²) in [5.74, 6) is 0.849. The Morgan fingerprint density at radius 1 is 1.50 bits per heavy atom. The van der Waals surface area contributed by atoms with Crippen molar-refractivity contribution in [3.8, 4) is 0 Å². The van der Waals surface area contributed by atoms with Crippen LogP contribution in [0.2, 0.25) is 4.34 Å². The van der Waals surface area contributed by atoms with Crippen molar-refractivity contribution >= 4 is 22.9 Å². The van der Waals surface area contributed by atoms with Crippen molar-refractivity contribution in [1.29, 1.82) is 0 Å². The summed E-state index contributed by atoms with van der Waals surface area (Å²) in [6, 6.07) is 4.08. The van der Waals surface area contributed by atoms with Gasteiger partial charge in [-0.05, 0) is 31.0 Å². The minimum atomic E-state index is 0.849. The van der Waals surface area contributed by atoms with E-state index in [0.29, 0.717) is 0 Å². The lowest BCUT2D eigenvalue weighted by Gasteiger charge is -2.27. The van der Waals surface area contributed by atoms with E-state index in [1.807, 2.05) is 6.07 Å². The predicted molar refractivity (Wildman–Crippen MR) is 62.3 cm³/mol. The molecule has 2 nitrogen and oxygen atoms in total. The van der Waals surface area contributed by atoms with Crippen LogP contribution in [0.25, 0.3) is 0 Å². The fraction of sp³-hybridized carbons (Fsp3) is 0.600. The third-order valence-corrected chi connectivity index (χ3v) is 3.77. The van der Waals surface area contributed by atoms with Crippen molar-refractivity contribution in [2.45, 2.75) is 6.42 Å². The van der Waals surface area contributed by atoms with Gasteiger partial charge in [-0.1, -0.05) is 11.6 Å². The smallest absolute Gasteiger partial charge is 0.0931 e. The van der Waals surface area contributed by atoms with E-state index in [4.69, 9.17) is 11.6 Å². The Morgan fingerprint density at radius 3 is 2.93 bits per heavy atom. The third kappa shape index (κ3) is 2.95. The molecule has 0 aliphatic carbocycles. The van der Waals surface area contributed by atoms with Crippen LogP contribution in [0.15, 0.2) is 12.1 Å². The first kappa shape index (κ1) is 10.4. The Morgan fingerprint density at radius 2 is 2.36 bits per heavy atom. The van der Waals surface area contributed by atoms with Crippen molar-refractivity contribution in [3.05, 3.63) is 21.3 Å². The van der Waals surface area contributed by atoms with Gasteiger partial charge in [0.25, 0.3) is 0 Å². The molecule has 1 aromatic rings. The molecule has 14 heavy (non-hydrogen) atoms. The predicted octanol–water partition coefficient (Wildman–Crippen LogP) is 1.75. The number of rotatable bonds is 5. The van der Waals surface area contributed by atoms with E-state index < -0.39 is 0 Å². The molecule has 1 fully saturated rings. The van der Waals surface area contributed by atoms with Crippen LogP contribution in [-0.4, -0.2) is 26.2 Å². The molecule has 1 aliphatic heterocycles. The Hall–Kier alpha value is -0.0900. The van der Waals surface area contributed by atoms with Gasteiger partial charge in [0, 0.05) is 24.5 Å². The molecule has 2 N–H and O–H groups in total. The first-order chi connectivity index (χ1) is 6.84. The lowest BCUT2D eigenvalue weighted by atomic mass is 10.0. The van der Waals surface area contributed by atoms with Gasteiger partial charge in [0.2, 0.25) is 0 Å². The number of thiophene rings is 1. The average Bonchev–Trinajstić information content (AvgIpc) is 2.48. The molecule has 0 saturated carbocycles. The molecule has 0 radical (unpaired) electrons. The van der Waals surface area contributed by atoms with Crippen molar-refractivity contribution in [2.75, 3.05) is 26.2 Å². The van der Waals surface area contributed by atoms with Crippen LogP contribution in [0, 0.1) is 5.92 Å². The van der Waals surface area contributed by atoms with Crippen LogP contribution in [-0.2, 0) is 6.42 Å². The molecule has 1 aliphatic rings. The van der Waals surface area contributed by atoms with Crippen LogP contribution in [0.4, 0.5) is 0 Å². The van der Waals surface area contributed by atoms with Gasteiger partial charge in [0.05, 0.1) is 4.34 Å². The minimum Gasteiger partial charge on any atom is -0.316 e. The van der Waals surface area contributed by atoms with E-state index in [0.717, 1.165) is 29.8 Å². The van der Waals surface area contributed by atoms with Crippen LogP contribution in [0.5, 0.6) is 0 Å². The van der Waals surface area contributed by atoms with Crippen molar-refractivity contribution in [1.82, 2.24) is 10.6 Å². The maximum atomic E-state index is 5.85. The van der Waals surface area contributed by atoms with Crippen LogP contribution in [0.1, 0.15) is 4.88 Å². The van der Waals surface area contributed by atoms with Crippen molar-refractivity contribution in [3.63, 3.8) is 0 Å². The van der Waals surface area contributed by atoms with Gasteiger partial charge >= 0.3 is 0 Å². The highest BCUT2D eigenvalue weighted by atomic mass is 35.5. The number of halogens is 1. The molecule has 0 aromatic carbocycles. The summed E-state index contributed by atoms with van der Waals surface area (Å²) in [4.78, 5) is 1.37. The maximum absolute atomic E-state index is 5.85. The Kier molecular flexibility index (Phi) is 3.81. The number of nitrogens with one attached hydrogen (secondary N) is 2. The highest BCUT2D eigenvalue weighted by Crippen LogP contribution is 2.21. The molecule has 1 saturated heterocycles. The molecule has 0 bridgehead atoms. The lowest BCUT2D eigenvalue weighted by Crippen LogP contribution is -2.47. The summed E-state index contributed by atoms with van der Waals surface area (Å²) in [7, 11) is 0. The molecule has 0 unspecified atom stereocenters. The van der Waals surface area contributed by atoms with Gasteiger partial charge in [-0.15, -0.1) is 11.3 Å². The summed E-state index contributed by atoms with van der Waals surface area (Å²) in [5.41, 5.74) is 0. The van der Waals surface area contributed by atoms with E-state index in [-0.39, 0.29) is 0 Å². The van der Waals surface area contributed by atoms with Gasteiger partial charge in [-0.3, -0.25) is 0 Å². The fourth-order valence-corrected chi connectivity index (χ4v) is 2.58. The Bertz CT molecular complexity index is 283. The molecule has 4 heteroatoms. The van der Waals surface area contributed by atoms with Crippen LogP contribution < -0.4 is 10.6 Å². The normalized spacial score (nSPS) is 16.9. The van der Waals surface area contributed by atoms with Crippen LogP contribution in [0.3, 0.4) is 0 Å². The summed E-state index contributed by atoms with van der Waals surface area (Å²) in [6.45, 7) is 4.56. The summed E-state index contributed by atoms with van der Waals surface area (Å²) < 4.78 is 0.892. The molecule has 78 valence electrons. The van der Waals surface area contributed by atoms with E-state index in [9.17, 15) is 0 Å². The van der Waals surface area contributed by atoms with E-state index in [1.165, 1.54) is 18.0 Å². The van der Waals surface area contributed by atoms with E-state index in [2.05, 4.69) is 16.7 Å². The fourth-order valence-electron chi connectivity index (χ4n) is 1.50. The standard InChI is InChI=1S/C10H15ClN2S/c11-10-2-1-9(14-10)3-4-12-5-8-6-13-7-8/h1-2,8,12-13H,3-7H2. The molecular weight excluding hydrogens is 216 g/mol. The molecule has 0 amide bonds. The van der Waals surface area contributed by atoms with Crippen LogP contribution >= 0.6 is 22.9 Å². The highest BCUT2D eigenvalue weighted by molar-refractivity contribution is 7.16. The van der Waals surface area contributed by atoms with Gasteiger partial charge in [0.1, 0.15) is 0 Å². The Balaban J connectivity index is 1.58. The largest absolute Gasteiger partial charge is 0.316 e. The quantitative estimate of drug-likeness (QED) is 0.754. The highest BCUT2D eigenvalue weighted by Gasteiger charge is 2.15. The number of hydrogen-bond donors (Lipinski definition) is 2. The monoisotopic (exact) mass is 230 g/mol.